The van der Waals surface area contributed by atoms with Crippen molar-refractivity contribution in [3.8, 4) is 11.5 Å². The van der Waals surface area contributed by atoms with Gasteiger partial charge in [0.05, 0.1) is 4.47 Å². The molecule has 2 nitrogen and oxygen atoms in total. The van der Waals surface area contributed by atoms with E-state index in [2.05, 4.69) is 15.9 Å². The third-order valence-electron chi connectivity index (χ3n) is 2.48. The fraction of sp³-hybridized carbons (Fsp3) is 0.143. The largest absolute Gasteiger partial charge is 0.456 e. The van der Waals surface area contributed by atoms with Crippen LogP contribution < -0.4 is 10.5 Å². The topological polar surface area (TPSA) is 35.2 Å². The molecule has 18 heavy (non-hydrogen) atoms. The molecule has 0 amide bonds. The summed E-state index contributed by atoms with van der Waals surface area (Å²) in [6, 6.07) is 13.3. The molecular weight excluding hydrogens is 314 g/mol. The number of halogens is 2. The average molecular weight is 327 g/mol. The van der Waals surface area contributed by atoms with Gasteiger partial charge in [-0.15, -0.1) is 0 Å². The van der Waals surface area contributed by atoms with Gasteiger partial charge >= 0.3 is 0 Å². The molecule has 0 aliphatic heterocycles. The number of hydrogen-bond acceptors (Lipinski definition) is 2. The second-order valence-electron chi connectivity index (χ2n) is 3.86. The third-order valence-corrected chi connectivity index (χ3v) is 3.33. The lowest BCUT2D eigenvalue weighted by molar-refractivity contribution is 0.479. The van der Waals surface area contributed by atoms with E-state index in [9.17, 15) is 0 Å². The molecular formula is C14H13BrClNO. The summed E-state index contributed by atoms with van der Waals surface area (Å²) < 4.78 is 6.59. The van der Waals surface area contributed by atoms with Gasteiger partial charge in [0.2, 0.25) is 0 Å². The molecule has 0 heterocycles. The number of hydrogen-bond donors (Lipinski definition) is 1. The van der Waals surface area contributed by atoms with Crippen molar-refractivity contribution < 1.29 is 4.74 Å². The first kappa shape index (κ1) is 13.4. The standard InChI is InChI=1S/C14H13BrClNO/c15-13-9-11(16)3-6-14(13)18-12-4-1-10(2-5-12)7-8-17/h1-6,9H,7-8,17H2. The van der Waals surface area contributed by atoms with Gasteiger partial charge in [-0.1, -0.05) is 23.7 Å². The summed E-state index contributed by atoms with van der Waals surface area (Å²) in [6.45, 7) is 0.656. The molecule has 4 heteroatoms. The van der Waals surface area contributed by atoms with Crippen LogP contribution in [0.5, 0.6) is 11.5 Å². The van der Waals surface area contributed by atoms with Crippen LogP contribution in [-0.2, 0) is 6.42 Å². The molecule has 0 spiro atoms. The normalized spacial score (nSPS) is 10.4. The van der Waals surface area contributed by atoms with Crippen LogP contribution >= 0.6 is 27.5 Å². The van der Waals surface area contributed by atoms with Gasteiger partial charge in [0.25, 0.3) is 0 Å². The molecule has 2 aromatic rings. The van der Waals surface area contributed by atoms with Crippen molar-refractivity contribution >= 4 is 27.5 Å². The van der Waals surface area contributed by atoms with Crippen molar-refractivity contribution in [3.63, 3.8) is 0 Å². The predicted octanol–water partition coefficient (Wildman–Crippen LogP) is 4.40. The highest BCUT2D eigenvalue weighted by Gasteiger charge is 2.03. The van der Waals surface area contributed by atoms with E-state index in [1.807, 2.05) is 30.3 Å². The highest BCUT2D eigenvalue weighted by molar-refractivity contribution is 9.10. The Kier molecular flexibility index (Phi) is 4.64. The zero-order valence-electron chi connectivity index (χ0n) is 9.70. The van der Waals surface area contributed by atoms with Gasteiger partial charge in [0.1, 0.15) is 11.5 Å². The van der Waals surface area contributed by atoms with Gasteiger partial charge in [-0.3, -0.25) is 0 Å². The molecule has 2 N–H and O–H groups in total. The number of benzene rings is 2. The Labute approximate surface area is 120 Å². The fourth-order valence-electron chi connectivity index (χ4n) is 1.58. The molecule has 0 fully saturated rings. The second-order valence-corrected chi connectivity index (χ2v) is 5.15. The Morgan fingerprint density at radius 2 is 1.83 bits per heavy atom. The minimum absolute atomic E-state index is 0.656. The highest BCUT2D eigenvalue weighted by Crippen LogP contribution is 2.31. The molecule has 0 bridgehead atoms. The third kappa shape index (κ3) is 3.48. The van der Waals surface area contributed by atoms with Crippen molar-refractivity contribution in [2.24, 2.45) is 5.73 Å². The summed E-state index contributed by atoms with van der Waals surface area (Å²) in [5, 5.41) is 0.674. The second kappa shape index (κ2) is 6.23. The molecule has 0 saturated carbocycles. The summed E-state index contributed by atoms with van der Waals surface area (Å²) >= 11 is 9.30. The van der Waals surface area contributed by atoms with Gasteiger partial charge in [0.15, 0.2) is 0 Å². The van der Waals surface area contributed by atoms with Crippen LogP contribution in [0.1, 0.15) is 5.56 Å². The summed E-state index contributed by atoms with van der Waals surface area (Å²) in [6.07, 6.45) is 0.880. The highest BCUT2D eigenvalue weighted by atomic mass is 79.9. The van der Waals surface area contributed by atoms with Crippen molar-refractivity contribution in [2.45, 2.75) is 6.42 Å². The van der Waals surface area contributed by atoms with Crippen LogP contribution in [0.25, 0.3) is 0 Å². The van der Waals surface area contributed by atoms with E-state index in [1.54, 1.807) is 12.1 Å². The quantitative estimate of drug-likeness (QED) is 0.904. The van der Waals surface area contributed by atoms with Crippen molar-refractivity contribution in [2.75, 3.05) is 6.54 Å². The molecule has 0 unspecified atom stereocenters. The summed E-state index contributed by atoms with van der Waals surface area (Å²) in [5.41, 5.74) is 6.71. The van der Waals surface area contributed by atoms with E-state index >= 15 is 0 Å². The molecule has 0 aromatic heterocycles. The zero-order chi connectivity index (χ0) is 13.0. The van der Waals surface area contributed by atoms with Crippen LogP contribution in [0.2, 0.25) is 5.02 Å². The number of rotatable bonds is 4. The van der Waals surface area contributed by atoms with Crippen LogP contribution in [0.3, 0.4) is 0 Å². The van der Waals surface area contributed by atoms with E-state index in [1.165, 1.54) is 5.56 Å². The Morgan fingerprint density at radius 3 is 2.44 bits per heavy atom. The van der Waals surface area contributed by atoms with Gasteiger partial charge in [-0.2, -0.15) is 0 Å². The molecule has 0 saturated heterocycles. The van der Waals surface area contributed by atoms with Crippen LogP contribution in [-0.4, -0.2) is 6.54 Å². The molecule has 0 aliphatic rings. The Bertz CT molecular complexity index is 528. The molecule has 2 aromatic carbocycles. The zero-order valence-corrected chi connectivity index (χ0v) is 12.0. The lowest BCUT2D eigenvalue weighted by Crippen LogP contribution is -2.02. The van der Waals surface area contributed by atoms with Crippen LogP contribution in [0, 0.1) is 0 Å². The fourth-order valence-corrected chi connectivity index (χ4v) is 2.34. The van der Waals surface area contributed by atoms with Gasteiger partial charge in [0, 0.05) is 5.02 Å². The van der Waals surface area contributed by atoms with E-state index in [0.29, 0.717) is 11.6 Å². The average Bonchev–Trinajstić information content (AvgIpc) is 2.35. The minimum Gasteiger partial charge on any atom is -0.456 e. The predicted molar refractivity (Wildman–Crippen MR) is 78.4 cm³/mol. The first-order valence-corrected chi connectivity index (χ1v) is 6.78. The lowest BCUT2D eigenvalue weighted by atomic mass is 10.1. The molecule has 0 aliphatic carbocycles. The van der Waals surface area contributed by atoms with Crippen molar-refractivity contribution in [1.82, 2.24) is 0 Å². The molecule has 0 atom stereocenters. The summed E-state index contributed by atoms with van der Waals surface area (Å²) in [7, 11) is 0. The number of ether oxygens (including phenoxy) is 1. The van der Waals surface area contributed by atoms with E-state index in [0.717, 1.165) is 22.4 Å². The maximum atomic E-state index is 5.88. The summed E-state index contributed by atoms with van der Waals surface area (Å²) in [4.78, 5) is 0. The molecule has 94 valence electrons. The molecule has 2 rings (SSSR count). The van der Waals surface area contributed by atoms with Crippen LogP contribution in [0.15, 0.2) is 46.9 Å². The van der Waals surface area contributed by atoms with Gasteiger partial charge in [-0.05, 0) is 64.8 Å². The maximum Gasteiger partial charge on any atom is 0.141 e. The van der Waals surface area contributed by atoms with E-state index in [4.69, 9.17) is 22.1 Å². The lowest BCUT2D eigenvalue weighted by Gasteiger charge is -2.08. The Hall–Kier alpha value is -1.03. The summed E-state index contributed by atoms with van der Waals surface area (Å²) in [5.74, 6) is 1.53. The SMILES string of the molecule is NCCc1ccc(Oc2ccc(Cl)cc2Br)cc1. The molecule has 0 radical (unpaired) electrons. The smallest absolute Gasteiger partial charge is 0.141 e. The number of nitrogens with two attached hydrogens (primary N) is 1. The van der Waals surface area contributed by atoms with Crippen LogP contribution in [0.4, 0.5) is 0 Å². The van der Waals surface area contributed by atoms with Gasteiger partial charge in [-0.25, -0.2) is 0 Å². The van der Waals surface area contributed by atoms with E-state index < -0.39 is 0 Å². The first-order chi connectivity index (χ1) is 8.69. The monoisotopic (exact) mass is 325 g/mol. The maximum absolute atomic E-state index is 5.88. The van der Waals surface area contributed by atoms with Gasteiger partial charge < -0.3 is 10.5 Å². The first-order valence-electron chi connectivity index (χ1n) is 5.61. The Morgan fingerprint density at radius 1 is 1.11 bits per heavy atom. The Balaban J connectivity index is 2.13. The minimum atomic E-state index is 0.656. The van der Waals surface area contributed by atoms with Crippen molar-refractivity contribution in [3.05, 3.63) is 57.5 Å². The van der Waals surface area contributed by atoms with E-state index in [-0.39, 0.29) is 0 Å². The van der Waals surface area contributed by atoms with Crippen molar-refractivity contribution in [1.29, 1.82) is 0 Å².